The van der Waals surface area contributed by atoms with Gasteiger partial charge >= 0.3 is 0 Å². The Hall–Kier alpha value is -2.20. The first-order valence-electron chi connectivity index (χ1n) is 7.15. The second-order valence-corrected chi connectivity index (χ2v) is 5.24. The number of carbonyl (C=O) groups is 1. The second-order valence-electron chi connectivity index (χ2n) is 5.24. The van der Waals surface area contributed by atoms with E-state index in [0.29, 0.717) is 6.32 Å². The van der Waals surface area contributed by atoms with Crippen molar-refractivity contribution in [2.75, 3.05) is 0 Å². The number of aromatic nitrogens is 1. The summed E-state index contributed by atoms with van der Waals surface area (Å²) in [6, 6.07) is 12.1. The van der Waals surface area contributed by atoms with Gasteiger partial charge in [0.05, 0.1) is 7.85 Å². The molecule has 3 radical (unpaired) electrons. The van der Waals surface area contributed by atoms with Crippen LogP contribution in [0.15, 0.2) is 36.4 Å². The number of nitrogens with one attached hydrogen (secondary N) is 1. The van der Waals surface area contributed by atoms with Gasteiger partial charge < -0.3 is 4.57 Å². The SMILES string of the molecule is [B]Cc1ccc2c(c1)c1cc([B]C)ccc1n2CC(=O)NO. The molecule has 3 aromatic rings. The van der Waals surface area contributed by atoms with Crippen molar-refractivity contribution in [3.05, 3.63) is 42.0 Å². The highest BCUT2D eigenvalue weighted by atomic mass is 16.5. The monoisotopic (exact) mass is 289 g/mol. The maximum Gasteiger partial charge on any atom is 0.263 e. The van der Waals surface area contributed by atoms with Crippen molar-refractivity contribution < 1.29 is 10.0 Å². The summed E-state index contributed by atoms with van der Waals surface area (Å²) in [5.74, 6) is -0.451. The highest BCUT2D eigenvalue weighted by Crippen LogP contribution is 2.29. The average Bonchev–Trinajstić information content (AvgIpc) is 2.87. The van der Waals surface area contributed by atoms with Gasteiger partial charge in [0.2, 0.25) is 0 Å². The number of benzene rings is 2. The van der Waals surface area contributed by atoms with Gasteiger partial charge in [-0.2, -0.15) is 0 Å². The van der Waals surface area contributed by atoms with Crippen molar-refractivity contribution in [3.63, 3.8) is 0 Å². The molecular formula is C16H15B2N2O2. The lowest BCUT2D eigenvalue weighted by Gasteiger charge is -2.06. The standard InChI is InChI=1S/C16H15B2N2O2/c1-18-11-3-5-15-13(7-11)12-6-10(8-17)2-4-14(12)20(15)9-16(21)19-22/h2-7,22H,8-9H2,1H3,(H,19,21). The van der Waals surface area contributed by atoms with Crippen molar-refractivity contribution in [2.45, 2.75) is 19.7 Å². The molecule has 0 unspecified atom stereocenters. The summed E-state index contributed by atoms with van der Waals surface area (Å²) in [7, 11) is 7.78. The highest BCUT2D eigenvalue weighted by Gasteiger charge is 2.13. The Bertz CT molecular complexity index is 797. The fraction of sp³-hybridized carbons (Fsp3) is 0.188. The lowest BCUT2D eigenvalue weighted by molar-refractivity contribution is -0.129. The molecule has 22 heavy (non-hydrogen) atoms. The van der Waals surface area contributed by atoms with Crippen LogP contribution in [0.3, 0.4) is 0 Å². The fourth-order valence-electron chi connectivity index (χ4n) is 2.82. The van der Waals surface area contributed by atoms with Crippen LogP contribution in [0.25, 0.3) is 21.8 Å². The van der Waals surface area contributed by atoms with E-state index in [2.05, 4.69) is 12.1 Å². The van der Waals surface area contributed by atoms with E-state index in [1.54, 1.807) is 5.48 Å². The third-order valence-electron chi connectivity index (χ3n) is 3.95. The predicted octanol–water partition coefficient (Wildman–Crippen LogP) is 1.35. The minimum atomic E-state index is -0.451. The summed E-state index contributed by atoms with van der Waals surface area (Å²) in [4.78, 5) is 11.6. The van der Waals surface area contributed by atoms with Crippen molar-refractivity contribution in [2.24, 2.45) is 0 Å². The zero-order valence-electron chi connectivity index (χ0n) is 12.3. The minimum Gasteiger partial charge on any atom is -0.331 e. The molecule has 0 fully saturated rings. The molecule has 2 N–H and O–H groups in total. The van der Waals surface area contributed by atoms with Crippen LogP contribution < -0.4 is 10.9 Å². The number of hydrogen-bond donors (Lipinski definition) is 2. The quantitative estimate of drug-likeness (QED) is 0.433. The molecule has 0 aliphatic rings. The molecule has 3 rings (SSSR count). The molecule has 1 amide bonds. The van der Waals surface area contributed by atoms with E-state index in [1.165, 1.54) is 0 Å². The first kappa shape index (κ1) is 14.7. The van der Waals surface area contributed by atoms with Gasteiger partial charge in [-0.3, -0.25) is 10.0 Å². The van der Waals surface area contributed by atoms with Crippen LogP contribution in [0.4, 0.5) is 0 Å². The zero-order valence-corrected chi connectivity index (χ0v) is 12.3. The molecule has 0 saturated carbocycles. The van der Waals surface area contributed by atoms with Gasteiger partial charge in [0, 0.05) is 21.8 Å². The molecule has 0 spiro atoms. The van der Waals surface area contributed by atoms with Crippen LogP contribution in [0.2, 0.25) is 6.82 Å². The lowest BCUT2D eigenvalue weighted by atomic mass is 9.73. The number of amides is 1. The fourth-order valence-corrected chi connectivity index (χ4v) is 2.82. The van der Waals surface area contributed by atoms with Crippen molar-refractivity contribution >= 4 is 48.3 Å². The van der Waals surface area contributed by atoms with E-state index in [9.17, 15) is 4.79 Å². The molecule has 0 atom stereocenters. The smallest absolute Gasteiger partial charge is 0.263 e. The number of hydroxylamine groups is 1. The molecule has 0 bridgehead atoms. The van der Waals surface area contributed by atoms with Crippen LogP contribution in [-0.4, -0.2) is 30.8 Å². The van der Waals surface area contributed by atoms with E-state index in [1.807, 2.05) is 42.9 Å². The summed E-state index contributed by atoms with van der Waals surface area (Å²) in [5.41, 5.74) is 5.76. The summed E-state index contributed by atoms with van der Waals surface area (Å²) in [6.45, 7) is 2.05. The van der Waals surface area contributed by atoms with Crippen molar-refractivity contribution in [1.29, 1.82) is 0 Å². The molecule has 4 nitrogen and oxygen atoms in total. The van der Waals surface area contributed by atoms with Crippen molar-refractivity contribution in [1.82, 2.24) is 10.0 Å². The number of rotatable bonds is 4. The lowest BCUT2D eigenvalue weighted by Crippen LogP contribution is -2.24. The van der Waals surface area contributed by atoms with Gasteiger partial charge in [-0.05, 0) is 18.2 Å². The van der Waals surface area contributed by atoms with E-state index in [4.69, 9.17) is 13.1 Å². The maximum absolute atomic E-state index is 11.6. The molecule has 6 heteroatoms. The number of fused-ring (bicyclic) bond motifs is 3. The topological polar surface area (TPSA) is 54.3 Å². The average molecular weight is 289 g/mol. The molecule has 0 aliphatic heterocycles. The predicted molar refractivity (Wildman–Crippen MR) is 90.1 cm³/mol. The molecule has 1 heterocycles. The highest BCUT2D eigenvalue weighted by molar-refractivity contribution is 6.52. The van der Waals surface area contributed by atoms with Gasteiger partial charge in [-0.15, -0.1) is 0 Å². The zero-order chi connectivity index (χ0) is 15.7. The van der Waals surface area contributed by atoms with Crippen LogP contribution >= 0.6 is 0 Å². The van der Waals surface area contributed by atoms with Gasteiger partial charge in [0.1, 0.15) is 13.8 Å². The Balaban J connectivity index is 2.33. The second kappa shape index (κ2) is 5.89. The van der Waals surface area contributed by atoms with Gasteiger partial charge in [-0.25, -0.2) is 5.48 Å². The van der Waals surface area contributed by atoms with Gasteiger partial charge in [-0.1, -0.05) is 42.4 Å². The third-order valence-corrected chi connectivity index (χ3v) is 3.95. The normalized spacial score (nSPS) is 11.0. The molecule has 0 saturated heterocycles. The molecule has 1 aromatic heterocycles. The van der Waals surface area contributed by atoms with Crippen LogP contribution in [0.1, 0.15) is 5.56 Å². The first-order valence-corrected chi connectivity index (χ1v) is 7.15. The summed E-state index contributed by atoms with van der Waals surface area (Å²) >= 11 is 0. The Morgan fingerprint density at radius 3 is 2.55 bits per heavy atom. The third kappa shape index (κ3) is 2.39. The summed E-state index contributed by atoms with van der Waals surface area (Å²) < 4.78 is 1.90. The Morgan fingerprint density at radius 2 is 1.91 bits per heavy atom. The minimum absolute atomic E-state index is 0.0632. The van der Waals surface area contributed by atoms with Gasteiger partial charge in [0.25, 0.3) is 5.91 Å². The van der Waals surface area contributed by atoms with Gasteiger partial charge in [0.15, 0.2) is 0 Å². The Labute approximate surface area is 130 Å². The Morgan fingerprint density at radius 1 is 1.23 bits per heavy atom. The number of carbonyl (C=O) groups excluding carboxylic acids is 1. The number of hydrogen-bond acceptors (Lipinski definition) is 2. The molecule has 2 aromatic carbocycles. The first-order chi connectivity index (χ1) is 10.7. The maximum atomic E-state index is 11.6. The summed E-state index contributed by atoms with van der Waals surface area (Å²) in [5, 5.41) is 10.9. The Kier molecular flexibility index (Phi) is 3.94. The van der Waals surface area contributed by atoms with E-state index in [-0.39, 0.29) is 6.54 Å². The van der Waals surface area contributed by atoms with E-state index in [0.717, 1.165) is 32.8 Å². The largest absolute Gasteiger partial charge is 0.331 e. The summed E-state index contributed by atoms with van der Waals surface area (Å²) in [6.07, 6.45) is 0.472. The van der Waals surface area contributed by atoms with Crippen LogP contribution in [0.5, 0.6) is 0 Å². The van der Waals surface area contributed by atoms with Crippen LogP contribution in [-0.2, 0) is 17.7 Å². The van der Waals surface area contributed by atoms with E-state index < -0.39 is 5.91 Å². The molecule has 0 aliphatic carbocycles. The molecule has 107 valence electrons. The molecular weight excluding hydrogens is 274 g/mol. The number of nitrogens with zero attached hydrogens (tertiary/aromatic N) is 1. The van der Waals surface area contributed by atoms with Crippen LogP contribution in [0, 0.1) is 0 Å². The van der Waals surface area contributed by atoms with E-state index >= 15 is 0 Å². The van der Waals surface area contributed by atoms with Crippen molar-refractivity contribution in [3.8, 4) is 0 Å².